The molecule has 0 saturated heterocycles. The number of esters is 1. The summed E-state index contributed by atoms with van der Waals surface area (Å²) in [5, 5.41) is 3.41. The third-order valence-corrected chi connectivity index (χ3v) is 7.98. The van der Waals surface area contributed by atoms with Crippen molar-refractivity contribution in [2.45, 2.75) is 38.2 Å². The molecule has 0 bridgehead atoms. The molecule has 6 nitrogen and oxygen atoms in total. The summed E-state index contributed by atoms with van der Waals surface area (Å²) >= 11 is 3.58. The predicted molar refractivity (Wildman–Crippen MR) is 153 cm³/mol. The number of hydrogen-bond donors (Lipinski definition) is 1. The van der Waals surface area contributed by atoms with E-state index >= 15 is 0 Å². The van der Waals surface area contributed by atoms with Gasteiger partial charge in [0.25, 0.3) is 0 Å². The van der Waals surface area contributed by atoms with Crippen LogP contribution in [0.25, 0.3) is 0 Å². The number of ketones is 1. The van der Waals surface area contributed by atoms with Crippen LogP contribution >= 0.6 is 15.9 Å². The molecular weight excluding hydrogens is 558 g/mol. The minimum absolute atomic E-state index is 0.0161. The Morgan fingerprint density at radius 3 is 2.33 bits per heavy atom. The minimum atomic E-state index is -0.559. The normalized spacial score (nSPS) is 18.8. The maximum atomic E-state index is 13.8. The highest BCUT2D eigenvalue weighted by Crippen LogP contribution is 2.46. The Bertz CT molecular complexity index is 1460. The van der Waals surface area contributed by atoms with Crippen LogP contribution in [0.4, 0.5) is 0 Å². The van der Waals surface area contributed by atoms with E-state index in [1.807, 2.05) is 79.7 Å². The van der Waals surface area contributed by atoms with Crippen molar-refractivity contribution < 1.29 is 23.8 Å². The molecule has 7 heteroatoms. The van der Waals surface area contributed by atoms with Gasteiger partial charge in [-0.15, -0.1) is 0 Å². The predicted octanol–water partition coefficient (Wildman–Crippen LogP) is 6.57. The summed E-state index contributed by atoms with van der Waals surface area (Å²) in [5.74, 6) is 0.484. The second kappa shape index (κ2) is 11.5. The number of methoxy groups -OCH3 is 2. The molecule has 39 heavy (non-hydrogen) atoms. The zero-order chi connectivity index (χ0) is 27.5. The zero-order valence-electron chi connectivity index (χ0n) is 22.1. The molecule has 2 aliphatic rings. The fraction of sp³-hybridized carbons (Fsp3) is 0.250. The van der Waals surface area contributed by atoms with Gasteiger partial charge in [0.2, 0.25) is 0 Å². The van der Waals surface area contributed by atoms with Crippen molar-refractivity contribution in [2.24, 2.45) is 0 Å². The minimum Gasteiger partial charge on any atom is -0.497 e. The average Bonchev–Trinajstić information content (AvgIpc) is 2.95. The van der Waals surface area contributed by atoms with Crippen molar-refractivity contribution >= 4 is 27.7 Å². The molecule has 200 valence electrons. The van der Waals surface area contributed by atoms with E-state index in [-0.39, 0.29) is 18.3 Å². The number of ether oxygens (including phenoxy) is 3. The first-order chi connectivity index (χ1) is 18.9. The number of carbonyl (C=O) groups is 2. The average molecular weight is 588 g/mol. The van der Waals surface area contributed by atoms with Crippen molar-refractivity contribution in [1.29, 1.82) is 0 Å². The molecule has 1 aliphatic heterocycles. The summed E-state index contributed by atoms with van der Waals surface area (Å²) in [6, 6.07) is 23.1. The third-order valence-electron chi connectivity index (χ3n) is 7.36. The quantitative estimate of drug-likeness (QED) is 0.315. The lowest BCUT2D eigenvalue weighted by molar-refractivity contribution is -0.140. The van der Waals surface area contributed by atoms with Gasteiger partial charge in [-0.3, -0.25) is 4.79 Å². The number of dihydropyridines is 1. The number of rotatable bonds is 7. The first kappa shape index (κ1) is 26.8. The highest BCUT2D eigenvalue weighted by Gasteiger charge is 2.41. The number of allylic oxidation sites excluding steroid dienone is 3. The summed E-state index contributed by atoms with van der Waals surface area (Å²) in [7, 11) is 3.24. The lowest BCUT2D eigenvalue weighted by Gasteiger charge is -2.37. The topological polar surface area (TPSA) is 73.9 Å². The number of nitrogens with one attached hydrogen (secondary N) is 1. The van der Waals surface area contributed by atoms with Crippen molar-refractivity contribution in [3.05, 3.63) is 116 Å². The van der Waals surface area contributed by atoms with E-state index in [0.717, 1.165) is 32.6 Å². The van der Waals surface area contributed by atoms with Crippen LogP contribution in [0.1, 0.15) is 48.3 Å². The second-order valence-electron chi connectivity index (χ2n) is 9.75. The number of carbonyl (C=O) groups excluding carboxylic acids is 2. The van der Waals surface area contributed by atoms with Gasteiger partial charge in [0.05, 0.1) is 24.3 Å². The molecule has 3 aromatic carbocycles. The summed E-state index contributed by atoms with van der Waals surface area (Å²) < 4.78 is 17.2. The second-order valence-corrected chi connectivity index (χ2v) is 10.6. The standard InChI is InChI=1S/C32H30BrNO5/c1-19-29(32(36)39-18-20-7-5-4-6-8-20)30(22-11-14-28(38-3)25(33)15-22)31-26(34-19)16-23(17-27(31)35)21-9-12-24(37-2)13-10-21/h4-15,23,30,34H,16-18H2,1-3H3/t23-,30+/m0/s1. The zero-order valence-corrected chi connectivity index (χ0v) is 23.7. The van der Waals surface area contributed by atoms with E-state index in [2.05, 4.69) is 21.2 Å². The maximum absolute atomic E-state index is 13.8. The Balaban J connectivity index is 1.52. The van der Waals surface area contributed by atoms with Crippen molar-refractivity contribution in [3.8, 4) is 11.5 Å². The van der Waals surface area contributed by atoms with Gasteiger partial charge in [-0.1, -0.05) is 48.5 Å². The summed E-state index contributed by atoms with van der Waals surface area (Å²) in [6.07, 6.45) is 1.01. The molecule has 0 radical (unpaired) electrons. The summed E-state index contributed by atoms with van der Waals surface area (Å²) in [4.78, 5) is 27.4. The van der Waals surface area contributed by atoms with Gasteiger partial charge in [-0.2, -0.15) is 0 Å². The van der Waals surface area contributed by atoms with E-state index in [9.17, 15) is 9.59 Å². The van der Waals surface area contributed by atoms with Crippen molar-refractivity contribution in [2.75, 3.05) is 14.2 Å². The van der Waals surface area contributed by atoms with Crippen LogP contribution in [0.15, 0.2) is 99.8 Å². The van der Waals surface area contributed by atoms with Crippen molar-refractivity contribution in [1.82, 2.24) is 5.32 Å². The molecule has 1 aliphatic carbocycles. The Kier molecular flexibility index (Phi) is 7.89. The molecule has 0 spiro atoms. The smallest absolute Gasteiger partial charge is 0.337 e. The molecule has 0 saturated carbocycles. The Labute approximate surface area is 236 Å². The first-order valence-corrected chi connectivity index (χ1v) is 13.6. The Morgan fingerprint density at radius 1 is 0.949 bits per heavy atom. The van der Waals surface area contributed by atoms with Gasteiger partial charge in [-0.25, -0.2) is 4.79 Å². The Hall–Kier alpha value is -3.84. The molecule has 0 fully saturated rings. The fourth-order valence-electron chi connectivity index (χ4n) is 5.42. The van der Waals surface area contributed by atoms with E-state index < -0.39 is 11.9 Å². The summed E-state index contributed by atoms with van der Waals surface area (Å²) in [6.45, 7) is 2.02. The van der Waals surface area contributed by atoms with Gasteiger partial charge in [-0.05, 0) is 76.1 Å². The van der Waals surface area contributed by atoms with Gasteiger partial charge >= 0.3 is 5.97 Å². The number of halogens is 1. The van der Waals surface area contributed by atoms with E-state index in [4.69, 9.17) is 14.2 Å². The highest BCUT2D eigenvalue weighted by molar-refractivity contribution is 9.10. The SMILES string of the molecule is COc1ccc([C@@H]2CC(=O)C3=C(C2)NC(C)=C(C(=O)OCc2ccccc2)[C@H]3c2ccc(OC)c(Br)c2)cc1. The molecule has 0 aromatic heterocycles. The molecule has 0 amide bonds. The Morgan fingerprint density at radius 2 is 1.67 bits per heavy atom. The fourth-order valence-corrected chi connectivity index (χ4v) is 5.98. The van der Waals surface area contributed by atoms with Crippen LogP contribution < -0.4 is 14.8 Å². The molecular formula is C32H30BrNO5. The molecule has 2 atom stereocenters. The lowest BCUT2D eigenvalue weighted by atomic mass is 9.71. The monoisotopic (exact) mass is 587 g/mol. The van der Waals surface area contributed by atoms with Crippen LogP contribution in [0.5, 0.6) is 11.5 Å². The van der Waals surface area contributed by atoms with Crippen LogP contribution in [0.2, 0.25) is 0 Å². The van der Waals surface area contributed by atoms with Crippen molar-refractivity contribution in [3.63, 3.8) is 0 Å². The third kappa shape index (κ3) is 5.50. The molecule has 0 unspecified atom stereocenters. The van der Waals surface area contributed by atoms with Crippen LogP contribution in [-0.2, 0) is 20.9 Å². The lowest BCUT2D eigenvalue weighted by Crippen LogP contribution is -2.36. The number of Topliss-reactive ketones (excluding diaryl/α,β-unsaturated/α-hetero) is 1. The maximum Gasteiger partial charge on any atom is 0.337 e. The summed E-state index contributed by atoms with van der Waals surface area (Å²) in [5.41, 5.74) is 5.39. The van der Waals surface area contributed by atoms with Crippen LogP contribution in [0, 0.1) is 0 Å². The number of benzene rings is 3. The van der Waals surface area contributed by atoms with E-state index in [1.54, 1.807) is 14.2 Å². The molecule has 1 N–H and O–H groups in total. The highest BCUT2D eigenvalue weighted by atomic mass is 79.9. The molecule has 5 rings (SSSR count). The molecule has 1 heterocycles. The first-order valence-electron chi connectivity index (χ1n) is 12.8. The van der Waals surface area contributed by atoms with Crippen LogP contribution in [0.3, 0.4) is 0 Å². The van der Waals surface area contributed by atoms with E-state index in [0.29, 0.717) is 35.4 Å². The van der Waals surface area contributed by atoms with Gasteiger partial charge in [0.1, 0.15) is 18.1 Å². The molecule has 3 aromatic rings. The number of hydrogen-bond acceptors (Lipinski definition) is 6. The van der Waals surface area contributed by atoms with Crippen LogP contribution in [-0.4, -0.2) is 26.0 Å². The van der Waals surface area contributed by atoms with E-state index in [1.165, 1.54) is 0 Å². The van der Waals surface area contributed by atoms with Gasteiger partial charge < -0.3 is 19.5 Å². The largest absolute Gasteiger partial charge is 0.497 e. The van der Waals surface area contributed by atoms with Gasteiger partial charge in [0.15, 0.2) is 5.78 Å². The van der Waals surface area contributed by atoms with Gasteiger partial charge in [0, 0.05) is 29.3 Å².